The van der Waals surface area contributed by atoms with E-state index in [2.05, 4.69) is 30.0 Å². The SMILES string of the molecule is COC(=O)N1CCN([C@H]2CC[C@H](Nc3nc(Nc4cnn(C)c4)nc4snc(C)c34)CC2)CC1. The van der Waals surface area contributed by atoms with Crippen molar-refractivity contribution in [2.24, 2.45) is 7.05 Å². The number of ether oxygens (including phenoxy) is 1. The lowest BCUT2D eigenvalue weighted by atomic mass is 9.89. The normalized spacial score (nSPS) is 21.6. The van der Waals surface area contributed by atoms with Crippen molar-refractivity contribution < 1.29 is 9.53 Å². The number of fused-ring (bicyclic) bond motifs is 1. The van der Waals surface area contributed by atoms with Crippen molar-refractivity contribution in [1.82, 2.24) is 33.9 Å². The van der Waals surface area contributed by atoms with Crippen LogP contribution in [0.2, 0.25) is 0 Å². The number of amides is 1. The van der Waals surface area contributed by atoms with E-state index in [9.17, 15) is 4.79 Å². The van der Waals surface area contributed by atoms with E-state index in [1.54, 1.807) is 15.8 Å². The molecule has 0 aromatic carbocycles. The molecule has 0 radical (unpaired) electrons. The van der Waals surface area contributed by atoms with Crippen molar-refractivity contribution >= 4 is 45.3 Å². The Balaban J connectivity index is 1.23. The minimum atomic E-state index is -0.223. The lowest BCUT2D eigenvalue weighted by Gasteiger charge is -2.41. The number of hydrogen-bond acceptors (Lipinski definition) is 10. The van der Waals surface area contributed by atoms with Crippen LogP contribution < -0.4 is 10.6 Å². The second-order valence-electron chi connectivity index (χ2n) is 9.01. The summed E-state index contributed by atoms with van der Waals surface area (Å²) in [4.78, 5) is 26.4. The molecule has 0 spiro atoms. The number of rotatable bonds is 5. The highest BCUT2D eigenvalue weighted by molar-refractivity contribution is 7.13. The molecule has 0 unspecified atom stereocenters. The van der Waals surface area contributed by atoms with Gasteiger partial charge in [0.1, 0.15) is 5.82 Å². The van der Waals surface area contributed by atoms with Crippen LogP contribution in [0, 0.1) is 6.92 Å². The molecule has 0 atom stereocenters. The third-order valence-electron chi connectivity index (χ3n) is 6.77. The lowest BCUT2D eigenvalue weighted by Crippen LogP contribution is -2.53. The Hall–Kier alpha value is -2.99. The van der Waals surface area contributed by atoms with Crippen LogP contribution in [0.5, 0.6) is 0 Å². The zero-order valence-electron chi connectivity index (χ0n) is 19.8. The highest BCUT2D eigenvalue weighted by atomic mass is 32.1. The molecule has 3 aromatic rings. The number of methoxy groups -OCH3 is 1. The zero-order valence-corrected chi connectivity index (χ0v) is 20.6. The van der Waals surface area contributed by atoms with Gasteiger partial charge in [-0.1, -0.05) is 0 Å². The summed E-state index contributed by atoms with van der Waals surface area (Å²) in [5, 5.41) is 12.2. The first-order chi connectivity index (χ1) is 16.5. The Bertz CT molecular complexity index is 1150. The van der Waals surface area contributed by atoms with Crippen LogP contribution in [-0.4, -0.2) is 85.4 Å². The number of anilines is 3. The summed E-state index contributed by atoms with van der Waals surface area (Å²) in [5.74, 6) is 1.39. The minimum absolute atomic E-state index is 0.223. The Labute approximate surface area is 202 Å². The number of piperazine rings is 1. The number of aryl methyl sites for hydroxylation is 2. The van der Waals surface area contributed by atoms with E-state index in [0.29, 0.717) is 18.0 Å². The molecule has 12 heteroatoms. The third kappa shape index (κ3) is 4.78. The molecular formula is C22H31N9O2S. The van der Waals surface area contributed by atoms with E-state index in [1.807, 2.05) is 20.2 Å². The van der Waals surface area contributed by atoms with Crippen molar-refractivity contribution in [3.05, 3.63) is 18.1 Å². The number of carbonyl (C=O) groups excluding carboxylic acids is 1. The fraction of sp³-hybridized carbons (Fsp3) is 0.591. The average molecular weight is 486 g/mol. The van der Waals surface area contributed by atoms with Gasteiger partial charge in [0, 0.05) is 51.5 Å². The second kappa shape index (κ2) is 9.71. The molecule has 2 aliphatic rings. The molecule has 34 heavy (non-hydrogen) atoms. The van der Waals surface area contributed by atoms with Gasteiger partial charge in [0.25, 0.3) is 0 Å². The molecule has 2 fully saturated rings. The molecule has 182 valence electrons. The van der Waals surface area contributed by atoms with Crippen molar-refractivity contribution in [2.45, 2.75) is 44.7 Å². The second-order valence-corrected chi connectivity index (χ2v) is 9.77. The first kappa shape index (κ1) is 22.8. The van der Waals surface area contributed by atoms with Gasteiger partial charge in [-0.3, -0.25) is 9.58 Å². The molecule has 5 rings (SSSR count). The average Bonchev–Trinajstić information content (AvgIpc) is 3.44. The van der Waals surface area contributed by atoms with Gasteiger partial charge in [0.05, 0.1) is 30.1 Å². The van der Waals surface area contributed by atoms with Gasteiger partial charge in [0.15, 0.2) is 4.83 Å². The maximum atomic E-state index is 11.7. The van der Waals surface area contributed by atoms with Crippen molar-refractivity contribution in [3.63, 3.8) is 0 Å². The number of hydrogen-bond donors (Lipinski definition) is 2. The largest absolute Gasteiger partial charge is 0.453 e. The molecule has 3 aromatic heterocycles. The van der Waals surface area contributed by atoms with Gasteiger partial charge in [-0.15, -0.1) is 0 Å². The summed E-state index contributed by atoms with van der Waals surface area (Å²) in [6.45, 7) is 5.30. The van der Waals surface area contributed by atoms with Gasteiger partial charge in [-0.2, -0.15) is 19.4 Å². The van der Waals surface area contributed by atoms with E-state index in [4.69, 9.17) is 9.72 Å². The van der Waals surface area contributed by atoms with Crippen molar-refractivity contribution in [1.29, 1.82) is 0 Å². The monoisotopic (exact) mass is 485 g/mol. The quantitative estimate of drug-likeness (QED) is 0.563. The minimum Gasteiger partial charge on any atom is -0.453 e. The van der Waals surface area contributed by atoms with Gasteiger partial charge < -0.3 is 20.3 Å². The highest BCUT2D eigenvalue weighted by Crippen LogP contribution is 2.32. The standard InChI is InChI=1S/C22H31N9O2S/c1-14-18-19(26-21(27-20(18)34-28-14)25-16-12-23-29(2)13-16)24-15-4-6-17(7-5-15)30-8-10-31(11-9-30)22(32)33-3/h12-13,15,17H,4-11H2,1-3H3,(H2,24,25,26,27)/t15-,17-. The van der Waals surface area contributed by atoms with E-state index in [1.165, 1.54) is 18.6 Å². The van der Waals surface area contributed by atoms with E-state index >= 15 is 0 Å². The summed E-state index contributed by atoms with van der Waals surface area (Å²) in [6.07, 6.45) is 7.84. The van der Waals surface area contributed by atoms with Crippen LogP contribution in [0.15, 0.2) is 12.4 Å². The van der Waals surface area contributed by atoms with Crippen molar-refractivity contribution in [2.75, 3.05) is 43.9 Å². The lowest BCUT2D eigenvalue weighted by molar-refractivity contribution is 0.0642. The number of nitrogens with one attached hydrogen (secondary N) is 2. The van der Waals surface area contributed by atoms with Crippen LogP contribution in [-0.2, 0) is 11.8 Å². The summed E-state index contributed by atoms with van der Waals surface area (Å²) in [5.41, 5.74) is 1.80. The molecule has 0 bridgehead atoms. The predicted octanol–water partition coefficient (Wildman–Crippen LogP) is 2.98. The number of carbonyl (C=O) groups is 1. The summed E-state index contributed by atoms with van der Waals surface area (Å²) in [7, 11) is 3.32. The third-order valence-corrected chi connectivity index (χ3v) is 7.60. The van der Waals surface area contributed by atoms with Crippen LogP contribution >= 0.6 is 11.5 Å². The summed E-state index contributed by atoms with van der Waals surface area (Å²) < 4.78 is 11.1. The van der Waals surface area contributed by atoms with Crippen LogP contribution in [0.4, 0.5) is 22.2 Å². The topological polar surface area (TPSA) is 113 Å². The Morgan fingerprint density at radius 3 is 2.59 bits per heavy atom. The Morgan fingerprint density at radius 2 is 1.91 bits per heavy atom. The fourth-order valence-corrected chi connectivity index (χ4v) is 5.72. The smallest absolute Gasteiger partial charge is 0.409 e. The summed E-state index contributed by atoms with van der Waals surface area (Å²) >= 11 is 1.40. The molecule has 1 saturated carbocycles. The number of aromatic nitrogens is 5. The molecule has 1 amide bonds. The van der Waals surface area contributed by atoms with Gasteiger partial charge in [-0.25, -0.2) is 4.79 Å². The highest BCUT2D eigenvalue weighted by Gasteiger charge is 2.30. The maximum Gasteiger partial charge on any atom is 0.409 e. The summed E-state index contributed by atoms with van der Waals surface area (Å²) in [6, 6.07) is 0.923. The first-order valence-electron chi connectivity index (χ1n) is 11.7. The number of nitrogens with zero attached hydrogens (tertiary/aromatic N) is 7. The first-order valence-corrected chi connectivity index (χ1v) is 12.5. The maximum absolute atomic E-state index is 11.7. The Kier molecular flexibility index (Phi) is 6.50. The Morgan fingerprint density at radius 1 is 1.15 bits per heavy atom. The fourth-order valence-electron chi connectivity index (χ4n) is 4.94. The van der Waals surface area contributed by atoms with Crippen molar-refractivity contribution in [3.8, 4) is 0 Å². The van der Waals surface area contributed by atoms with Crippen LogP contribution in [0.25, 0.3) is 10.2 Å². The molecular weight excluding hydrogens is 454 g/mol. The van der Waals surface area contributed by atoms with Gasteiger partial charge >= 0.3 is 6.09 Å². The molecule has 1 aliphatic carbocycles. The molecule has 1 saturated heterocycles. The molecule has 11 nitrogen and oxygen atoms in total. The van der Waals surface area contributed by atoms with E-state index < -0.39 is 0 Å². The molecule has 4 heterocycles. The van der Waals surface area contributed by atoms with E-state index in [0.717, 1.165) is 79.3 Å². The van der Waals surface area contributed by atoms with Gasteiger partial charge in [0.2, 0.25) is 5.95 Å². The predicted molar refractivity (Wildman–Crippen MR) is 132 cm³/mol. The van der Waals surface area contributed by atoms with Gasteiger partial charge in [-0.05, 0) is 44.1 Å². The zero-order chi connectivity index (χ0) is 23.7. The van der Waals surface area contributed by atoms with Crippen LogP contribution in [0.1, 0.15) is 31.4 Å². The van der Waals surface area contributed by atoms with Crippen LogP contribution in [0.3, 0.4) is 0 Å². The molecule has 2 N–H and O–H groups in total. The van der Waals surface area contributed by atoms with E-state index in [-0.39, 0.29) is 6.09 Å². The molecule has 1 aliphatic heterocycles.